The standard InChI is InChI=1S/C16H20N2O6/c1-22-15(20)10-5-11(16(21)23-2)7-12(6-10)18-14(19)8-13-9-24-4-3-17-13/h5-7,13,17H,3-4,8-9H2,1-2H3,(H,18,19). The number of hydrogen-bond donors (Lipinski definition) is 2. The first-order valence-corrected chi connectivity index (χ1v) is 7.46. The van der Waals surface area contributed by atoms with Crippen molar-refractivity contribution < 1.29 is 28.6 Å². The van der Waals surface area contributed by atoms with Crippen molar-refractivity contribution in [2.75, 3.05) is 39.3 Å². The van der Waals surface area contributed by atoms with Crippen LogP contribution in [0.5, 0.6) is 0 Å². The first-order valence-electron chi connectivity index (χ1n) is 7.46. The van der Waals surface area contributed by atoms with Gasteiger partial charge < -0.3 is 24.8 Å². The monoisotopic (exact) mass is 336 g/mol. The Bertz CT molecular complexity index is 591. The van der Waals surface area contributed by atoms with Crippen molar-refractivity contribution in [3.63, 3.8) is 0 Å². The molecule has 1 atom stereocenters. The number of nitrogens with one attached hydrogen (secondary N) is 2. The number of morpholine rings is 1. The van der Waals surface area contributed by atoms with E-state index in [4.69, 9.17) is 4.74 Å². The third kappa shape index (κ3) is 4.77. The van der Waals surface area contributed by atoms with Crippen LogP contribution in [0.25, 0.3) is 0 Å². The fourth-order valence-corrected chi connectivity index (χ4v) is 2.36. The number of rotatable bonds is 5. The Balaban J connectivity index is 2.13. The van der Waals surface area contributed by atoms with Gasteiger partial charge in [0.05, 0.1) is 38.6 Å². The molecule has 0 radical (unpaired) electrons. The molecule has 0 aromatic heterocycles. The maximum Gasteiger partial charge on any atom is 0.337 e. The summed E-state index contributed by atoms with van der Waals surface area (Å²) >= 11 is 0. The Labute approximate surface area is 139 Å². The molecule has 8 heteroatoms. The van der Waals surface area contributed by atoms with Gasteiger partial charge in [-0.25, -0.2) is 9.59 Å². The molecule has 2 N–H and O–H groups in total. The van der Waals surface area contributed by atoms with Gasteiger partial charge in [-0.15, -0.1) is 0 Å². The predicted molar refractivity (Wildman–Crippen MR) is 85.0 cm³/mol. The molecule has 130 valence electrons. The molecule has 1 aromatic carbocycles. The highest BCUT2D eigenvalue weighted by Gasteiger charge is 2.18. The normalized spacial score (nSPS) is 17.0. The Hall–Kier alpha value is -2.45. The second kappa shape index (κ2) is 8.42. The molecule has 0 saturated carbocycles. The molecule has 1 unspecified atom stereocenters. The van der Waals surface area contributed by atoms with Crippen LogP contribution in [-0.2, 0) is 19.0 Å². The molecule has 1 saturated heterocycles. The minimum Gasteiger partial charge on any atom is -0.465 e. The maximum atomic E-state index is 12.1. The summed E-state index contributed by atoms with van der Waals surface area (Å²) in [5, 5.41) is 5.86. The van der Waals surface area contributed by atoms with Crippen molar-refractivity contribution in [1.29, 1.82) is 0 Å². The molecule has 24 heavy (non-hydrogen) atoms. The summed E-state index contributed by atoms with van der Waals surface area (Å²) in [5.41, 5.74) is 0.615. The van der Waals surface area contributed by atoms with Gasteiger partial charge in [0.15, 0.2) is 0 Å². The summed E-state index contributed by atoms with van der Waals surface area (Å²) in [4.78, 5) is 35.6. The molecule has 0 bridgehead atoms. The summed E-state index contributed by atoms with van der Waals surface area (Å²) in [6.45, 7) is 1.78. The van der Waals surface area contributed by atoms with Crippen molar-refractivity contribution in [2.45, 2.75) is 12.5 Å². The minimum atomic E-state index is -0.612. The number of amides is 1. The lowest BCUT2D eigenvalue weighted by atomic mass is 10.1. The zero-order chi connectivity index (χ0) is 17.5. The molecule has 0 spiro atoms. The van der Waals surface area contributed by atoms with E-state index in [9.17, 15) is 14.4 Å². The molecule has 1 heterocycles. The fraction of sp³-hybridized carbons (Fsp3) is 0.438. The van der Waals surface area contributed by atoms with E-state index in [1.807, 2.05) is 0 Å². The summed E-state index contributed by atoms with van der Waals surface area (Å²) < 4.78 is 14.6. The van der Waals surface area contributed by atoms with Gasteiger partial charge in [0.2, 0.25) is 5.91 Å². The van der Waals surface area contributed by atoms with Gasteiger partial charge in [0, 0.05) is 24.7 Å². The van der Waals surface area contributed by atoms with Crippen molar-refractivity contribution in [3.05, 3.63) is 29.3 Å². The lowest BCUT2D eigenvalue weighted by molar-refractivity contribution is -0.117. The van der Waals surface area contributed by atoms with Crippen LogP contribution in [0.4, 0.5) is 5.69 Å². The van der Waals surface area contributed by atoms with E-state index >= 15 is 0 Å². The SMILES string of the molecule is COC(=O)c1cc(NC(=O)CC2COCCN2)cc(C(=O)OC)c1. The number of ether oxygens (including phenoxy) is 3. The zero-order valence-corrected chi connectivity index (χ0v) is 13.6. The van der Waals surface area contributed by atoms with Crippen LogP contribution < -0.4 is 10.6 Å². The largest absolute Gasteiger partial charge is 0.465 e. The molecule has 2 rings (SSSR count). The van der Waals surface area contributed by atoms with Crippen LogP contribution in [-0.4, -0.2) is 57.9 Å². The van der Waals surface area contributed by atoms with Gasteiger partial charge in [-0.05, 0) is 18.2 Å². The average molecular weight is 336 g/mol. The predicted octanol–water partition coefficient (Wildman–Crippen LogP) is 0.577. The number of methoxy groups -OCH3 is 2. The van der Waals surface area contributed by atoms with Gasteiger partial charge >= 0.3 is 11.9 Å². The highest BCUT2D eigenvalue weighted by molar-refractivity contribution is 5.99. The first-order chi connectivity index (χ1) is 11.5. The number of carbonyl (C=O) groups excluding carboxylic acids is 3. The number of esters is 2. The van der Waals surface area contributed by atoms with E-state index < -0.39 is 11.9 Å². The smallest absolute Gasteiger partial charge is 0.337 e. The molecule has 1 aromatic rings. The lowest BCUT2D eigenvalue weighted by Crippen LogP contribution is -2.43. The molecule has 1 aliphatic heterocycles. The summed E-state index contributed by atoms with van der Waals surface area (Å²) in [6.07, 6.45) is 0.218. The van der Waals surface area contributed by atoms with Crippen molar-refractivity contribution in [1.82, 2.24) is 5.32 Å². The quantitative estimate of drug-likeness (QED) is 0.758. The van der Waals surface area contributed by atoms with Gasteiger partial charge in [0.25, 0.3) is 0 Å². The highest BCUT2D eigenvalue weighted by Crippen LogP contribution is 2.17. The third-order valence-electron chi connectivity index (χ3n) is 3.49. The topological polar surface area (TPSA) is 103 Å². The summed E-state index contributed by atoms with van der Waals surface area (Å²) in [5.74, 6) is -1.48. The van der Waals surface area contributed by atoms with Gasteiger partial charge in [-0.1, -0.05) is 0 Å². The van der Waals surface area contributed by atoms with Crippen molar-refractivity contribution >= 4 is 23.5 Å². The van der Waals surface area contributed by atoms with E-state index in [-0.39, 0.29) is 29.5 Å². The Morgan fingerprint density at radius 1 is 1.17 bits per heavy atom. The van der Waals surface area contributed by atoms with Crippen LogP contribution in [0.2, 0.25) is 0 Å². The molecule has 1 aliphatic rings. The summed E-state index contributed by atoms with van der Waals surface area (Å²) in [6, 6.07) is 4.17. The summed E-state index contributed by atoms with van der Waals surface area (Å²) in [7, 11) is 2.47. The van der Waals surface area contributed by atoms with Crippen molar-refractivity contribution in [3.8, 4) is 0 Å². The van der Waals surface area contributed by atoms with Crippen LogP contribution in [0, 0.1) is 0 Å². The van der Waals surface area contributed by atoms with Crippen LogP contribution in [0.15, 0.2) is 18.2 Å². The number of benzene rings is 1. The molecule has 1 fully saturated rings. The molecule has 8 nitrogen and oxygen atoms in total. The van der Waals surface area contributed by atoms with Crippen LogP contribution >= 0.6 is 0 Å². The van der Waals surface area contributed by atoms with Crippen LogP contribution in [0.1, 0.15) is 27.1 Å². The van der Waals surface area contributed by atoms with Gasteiger partial charge in [0.1, 0.15) is 0 Å². The van der Waals surface area contributed by atoms with E-state index in [1.54, 1.807) is 0 Å². The molecule has 1 amide bonds. The highest BCUT2D eigenvalue weighted by atomic mass is 16.5. The minimum absolute atomic E-state index is 0.0670. The first kappa shape index (κ1) is 17.9. The maximum absolute atomic E-state index is 12.1. The third-order valence-corrected chi connectivity index (χ3v) is 3.49. The molecular formula is C16H20N2O6. The Morgan fingerprint density at radius 2 is 1.79 bits per heavy atom. The Kier molecular flexibility index (Phi) is 6.28. The average Bonchev–Trinajstić information content (AvgIpc) is 2.60. The molecule has 0 aliphatic carbocycles. The van der Waals surface area contributed by atoms with Gasteiger partial charge in [-0.3, -0.25) is 4.79 Å². The lowest BCUT2D eigenvalue weighted by Gasteiger charge is -2.23. The van der Waals surface area contributed by atoms with Crippen molar-refractivity contribution in [2.24, 2.45) is 0 Å². The number of hydrogen-bond acceptors (Lipinski definition) is 7. The van der Waals surface area contributed by atoms with E-state index in [1.165, 1.54) is 32.4 Å². The zero-order valence-electron chi connectivity index (χ0n) is 13.6. The van der Waals surface area contributed by atoms with Gasteiger partial charge in [-0.2, -0.15) is 0 Å². The number of carbonyl (C=O) groups is 3. The van der Waals surface area contributed by atoms with Crippen LogP contribution in [0.3, 0.4) is 0 Å². The second-order valence-electron chi connectivity index (χ2n) is 5.26. The number of anilines is 1. The molecular weight excluding hydrogens is 316 g/mol. The Morgan fingerprint density at radius 3 is 2.29 bits per heavy atom. The van der Waals surface area contributed by atoms with E-state index in [2.05, 4.69) is 20.1 Å². The van der Waals surface area contributed by atoms with E-state index in [0.29, 0.717) is 25.4 Å². The fourth-order valence-electron chi connectivity index (χ4n) is 2.36. The van der Waals surface area contributed by atoms with E-state index in [0.717, 1.165) is 0 Å². The second-order valence-corrected chi connectivity index (χ2v) is 5.26.